The highest BCUT2D eigenvalue weighted by Gasteiger charge is 2.22. The van der Waals surface area contributed by atoms with E-state index in [1.165, 1.54) is 17.1 Å². The van der Waals surface area contributed by atoms with Crippen molar-refractivity contribution in [2.24, 2.45) is 7.05 Å². The summed E-state index contributed by atoms with van der Waals surface area (Å²) in [6.07, 6.45) is 6.48. The second-order valence-electron chi connectivity index (χ2n) is 5.91. The topological polar surface area (TPSA) is 96.5 Å². The largest absolute Gasteiger partial charge is 0.478 e. The molecule has 1 N–H and O–H groups in total. The zero-order valence-electron chi connectivity index (χ0n) is 13.5. The van der Waals surface area contributed by atoms with Crippen molar-refractivity contribution in [1.82, 2.24) is 29.4 Å². The summed E-state index contributed by atoms with van der Waals surface area (Å²) < 4.78 is 3.15. The van der Waals surface area contributed by atoms with Crippen molar-refractivity contribution in [2.75, 3.05) is 26.2 Å². The lowest BCUT2D eigenvalue weighted by molar-refractivity contribution is -0.133. The van der Waals surface area contributed by atoms with Gasteiger partial charge in [-0.2, -0.15) is 10.2 Å². The van der Waals surface area contributed by atoms with Gasteiger partial charge in [-0.1, -0.05) is 0 Å². The van der Waals surface area contributed by atoms with Crippen molar-refractivity contribution >= 4 is 11.9 Å². The molecule has 0 spiro atoms. The first-order valence-corrected chi connectivity index (χ1v) is 7.74. The van der Waals surface area contributed by atoms with Gasteiger partial charge in [-0.25, -0.2) is 4.79 Å². The number of carbonyl (C=O) groups excluding carboxylic acids is 1. The van der Waals surface area contributed by atoms with Gasteiger partial charge in [0.25, 0.3) is 0 Å². The molecule has 1 amide bonds. The first-order chi connectivity index (χ1) is 11.5. The molecular formula is C15H20N6O3. The molecule has 2 aromatic rings. The van der Waals surface area contributed by atoms with Crippen LogP contribution in [0.2, 0.25) is 0 Å². The SMILES string of the molecule is Cn1cc(CN2CCN(C(=O)Cn3cc(C(=O)O)cn3)CC2)cn1. The number of carboxylic acids is 1. The second-order valence-corrected chi connectivity index (χ2v) is 5.91. The number of piperazine rings is 1. The number of aryl methyl sites for hydroxylation is 1. The van der Waals surface area contributed by atoms with E-state index < -0.39 is 5.97 Å². The van der Waals surface area contributed by atoms with E-state index in [-0.39, 0.29) is 18.0 Å². The molecule has 2 aromatic heterocycles. The summed E-state index contributed by atoms with van der Waals surface area (Å²) in [4.78, 5) is 27.2. The van der Waals surface area contributed by atoms with Crippen molar-refractivity contribution in [3.63, 3.8) is 0 Å². The van der Waals surface area contributed by atoms with E-state index in [0.717, 1.165) is 25.2 Å². The molecular weight excluding hydrogens is 312 g/mol. The normalized spacial score (nSPS) is 15.6. The molecule has 128 valence electrons. The molecule has 1 aliphatic rings. The molecule has 0 radical (unpaired) electrons. The van der Waals surface area contributed by atoms with Crippen LogP contribution in [0.5, 0.6) is 0 Å². The zero-order chi connectivity index (χ0) is 17.1. The van der Waals surface area contributed by atoms with Crippen LogP contribution in [0.1, 0.15) is 15.9 Å². The van der Waals surface area contributed by atoms with Crippen LogP contribution >= 0.6 is 0 Å². The van der Waals surface area contributed by atoms with Crippen LogP contribution in [-0.2, 0) is 24.9 Å². The van der Waals surface area contributed by atoms with Gasteiger partial charge in [0.15, 0.2) is 0 Å². The number of carboxylic acid groups (broad SMARTS) is 1. The predicted octanol–water partition coefficient (Wildman–Crippen LogP) is -0.341. The minimum Gasteiger partial charge on any atom is -0.478 e. The third-order valence-corrected chi connectivity index (χ3v) is 4.07. The molecule has 24 heavy (non-hydrogen) atoms. The fraction of sp³-hybridized carbons (Fsp3) is 0.467. The molecule has 0 atom stereocenters. The maximum absolute atomic E-state index is 12.3. The van der Waals surface area contributed by atoms with E-state index in [1.54, 1.807) is 9.58 Å². The number of nitrogens with zero attached hydrogens (tertiary/aromatic N) is 6. The lowest BCUT2D eigenvalue weighted by atomic mass is 10.2. The minimum atomic E-state index is -1.04. The number of carbonyl (C=O) groups is 2. The maximum atomic E-state index is 12.3. The third-order valence-electron chi connectivity index (χ3n) is 4.07. The molecule has 1 aliphatic heterocycles. The standard InChI is InChI=1S/C15H20N6O3/c1-18-8-12(6-16-18)9-19-2-4-20(5-3-19)14(22)11-21-10-13(7-17-21)15(23)24/h6-8,10H,2-5,9,11H2,1H3,(H,23,24). The van der Waals surface area contributed by atoms with Crippen LogP contribution in [0, 0.1) is 0 Å². The summed E-state index contributed by atoms with van der Waals surface area (Å²) in [7, 11) is 1.89. The lowest BCUT2D eigenvalue weighted by Gasteiger charge is -2.34. The second kappa shape index (κ2) is 6.83. The van der Waals surface area contributed by atoms with Crippen molar-refractivity contribution < 1.29 is 14.7 Å². The molecule has 9 nitrogen and oxygen atoms in total. The number of hydrogen-bond donors (Lipinski definition) is 1. The molecule has 0 unspecified atom stereocenters. The minimum absolute atomic E-state index is 0.0453. The predicted molar refractivity (Wildman–Crippen MR) is 84.3 cm³/mol. The number of amides is 1. The Bertz CT molecular complexity index is 729. The molecule has 1 saturated heterocycles. The molecule has 3 rings (SSSR count). The van der Waals surface area contributed by atoms with Crippen LogP contribution in [0.3, 0.4) is 0 Å². The zero-order valence-corrected chi connectivity index (χ0v) is 13.5. The Hall–Kier alpha value is -2.68. The molecule has 0 aliphatic carbocycles. The third kappa shape index (κ3) is 3.80. The average Bonchev–Trinajstić information content (AvgIpc) is 3.17. The summed E-state index contributed by atoms with van der Waals surface area (Å²) in [5.74, 6) is -1.09. The molecule has 1 fully saturated rings. The van der Waals surface area contributed by atoms with Crippen LogP contribution in [0.25, 0.3) is 0 Å². The lowest BCUT2D eigenvalue weighted by Crippen LogP contribution is -2.49. The fourth-order valence-corrected chi connectivity index (χ4v) is 2.77. The van der Waals surface area contributed by atoms with Crippen molar-refractivity contribution in [2.45, 2.75) is 13.1 Å². The maximum Gasteiger partial charge on any atom is 0.338 e. The van der Waals surface area contributed by atoms with E-state index in [0.29, 0.717) is 13.1 Å². The van der Waals surface area contributed by atoms with Gasteiger partial charge in [-0.05, 0) is 0 Å². The molecule has 3 heterocycles. The Morgan fingerprint density at radius 1 is 1.12 bits per heavy atom. The summed E-state index contributed by atoms with van der Waals surface area (Å²) in [6.45, 7) is 3.82. The molecule has 0 saturated carbocycles. The monoisotopic (exact) mass is 332 g/mol. The Labute approximate surface area is 139 Å². The van der Waals surface area contributed by atoms with Gasteiger partial charge < -0.3 is 10.0 Å². The van der Waals surface area contributed by atoms with Crippen LogP contribution in [-0.4, -0.2) is 72.5 Å². The van der Waals surface area contributed by atoms with Crippen LogP contribution in [0.4, 0.5) is 0 Å². The Morgan fingerprint density at radius 2 is 1.88 bits per heavy atom. The van der Waals surface area contributed by atoms with Gasteiger partial charge in [-0.15, -0.1) is 0 Å². The van der Waals surface area contributed by atoms with Crippen LogP contribution in [0.15, 0.2) is 24.8 Å². The highest BCUT2D eigenvalue weighted by molar-refractivity contribution is 5.87. The van der Waals surface area contributed by atoms with E-state index in [9.17, 15) is 9.59 Å². The van der Waals surface area contributed by atoms with Gasteiger partial charge in [0.1, 0.15) is 6.54 Å². The Kier molecular flexibility index (Phi) is 4.61. The summed E-state index contributed by atoms with van der Waals surface area (Å²) in [6, 6.07) is 0. The first-order valence-electron chi connectivity index (χ1n) is 7.74. The highest BCUT2D eigenvalue weighted by atomic mass is 16.4. The molecule has 9 heteroatoms. The summed E-state index contributed by atoms with van der Waals surface area (Å²) in [5.41, 5.74) is 1.25. The number of hydrogen-bond acceptors (Lipinski definition) is 5. The van der Waals surface area contributed by atoms with Gasteiger partial charge in [0.2, 0.25) is 5.91 Å². The number of aromatic carboxylic acids is 1. The van der Waals surface area contributed by atoms with E-state index >= 15 is 0 Å². The molecule has 0 bridgehead atoms. The Morgan fingerprint density at radius 3 is 2.46 bits per heavy atom. The summed E-state index contributed by atoms with van der Waals surface area (Å²) >= 11 is 0. The van der Waals surface area contributed by atoms with Crippen molar-refractivity contribution in [1.29, 1.82) is 0 Å². The summed E-state index contributed by atoms with van der Waals surface area (Å²) in [5, 5.41) is 16.9. The smallest absolute Gasteiger partial charge is 0.338 e. The molecule has 0 aromatic carbocycles. The first kappa shape index (κ1) is 16.2. The number of aromatic nitrogens is 4. The Balaban J connectivity index is 1.48. The van der Waals surface area contributed by atoms with Gasteiger partial charge in [-0.3, -0.25) is 19.1 Å². The van der Waals surface area contributed by atoms with E-state index in [1.807, 2.05) is 19.4 Å². The quantitative estimate of drug-likeness (QED) is 0.805. The average molecular weight is 332 g/mol. The van der Waals surface area contributed by atoms with Gasteiger partial charge in [0, 0.05) is 57.7 Å². The van der Waals surface area contributed by atoms with E-state index in [4.69, 9.17) is 5.11 Å². The van der Waals surface area contributed by atoms with Gasteiger partial charge in [0.05, 0.1) is 18.0 Å². The van der Waals surface area contributed by atoms with Crippen LogP contribution < -0.4 is 0 Å². The van der Waals surface area contributed by atoms with E-state index in [2.05, 4.69) is 15.1 Å². The highest BCUT2D eigenvalue weighted by Crippen LogP contribution is 2.08. The fourth-order valence-electron chi connectivity index (χ4n) is 2.77. The van der Waals surface area contributed by atoms with Crippen molar-refractivity contribution in [3.8, 4) is 0 Å². The van der Waals surface area contributed by atoms with Crippen molar-refractivity contribution in [3.05, 3.63) is 35.9 Å². The van der Waals surface area contributed by atoms with Gasteiger partial charge >= 0.3 is 5.97 Å². The number of rotatable bonds is 5.